The van der Waals surface area contributed by atoms with Gasteiger partial charge in [-0.2, -0.15) is 0 Å². The van der Waals surface area contributed by atoms with Gasteiger partial charge in [0, 0.05) is 0 Å². The zero-order valence-corrected chi connectivity index (χ0v) is 5.52. The molecule has 0 rings (SSSR count). The van der Waals surface area contributed by atoms with Gasteiger partial charge in [0.1, 0.15) is 6.10 Å². The molecule has 0 aromatic carbocycles. The number of rotatable bonds is 2. The van der Waals surface area contributed by atoms with Crippen LogP contribution < -0.4 is 11.5 Å². The van der Waals surface area contributed by atoms with Gasteiger partial charge in [0.2, 0.25) is 5.72 Å². The zero-order chi connectivity index (χ0) is 8.58. The normalized spacial score (nSPS) is 21.9. The molecule has 0 saturated carbocycles. The lowest BCUT2D eigenvalue weighted by molar-refractivity contribution is -0.294. The standard InChI is InChI=1S/C4H12N2O4/c1-2(7)3(5,8)4(6,9)10/h2,7-10H,5-6H2,1H3. The Hall–Kier alpha value is -0.240. The van der Waals surface area contributed by atoms with Gasteiger partial charge in [0.25, 0.3) is 5.91 Å². The van der Waals surface area contributed by atoms with Crippen molar-refractivity contribution in [1.82, 2.24) is 0 Å². The highest BCUT2D eigenvalue weighted by Gasteiger charge is 2.46. The molecule has 0 bridgehead atoms. The largest absolute Gasteiger partial charge is 0.389 e. The van der Waals surface area contributed by atoms with Crippen LogP contribution in [0.4, 0.5) is 0 Å². The van der Waals surface area contributed by atoms with Gasteiger partial charge in [-0.15, -0.1) is 0 Å². The average Bonchev–Trinajstić information content (AvgIpc) is 1.62. The highest BCUT2D eigenvalue weighted by molar-refractivity contribution is 4.86. The van der Waals surface area contributed by atoms with Crippen molar-refractivity contribution in [3.63, 3.8) is 0 Å². The van der Waals surface area contributed by atoms with Crippen LogP contribution in [-0.4, -0.2) is 38.2 Å². The van der Waals surface area contributed by atoms with Gasteiger partial charge in [-0.05, 0) is 6.92 Å². The molecule has 6 nitrogen and oxygen atoms in total. The van der Waals surface area contributed by atoms with Crippen LogP contribution in [0.2, 0.25) is 0 Å². The molecule has 0 saturated heterocycles. The highest BCUT2D eigenvalue weighted by atomic mass is 16.6. The van der Waals surface area contributed by atoms with Crippen LogP contribution in [0, 0.1) is 0 Å². The topological polar surface area (TPSA) is 133 Å². The van der Waals surface area contributed by atoms with Crippen LogP contribution in [0.1, 0.15) is 6.92 Å². The lowest BCUT2D eigenvalue weighted by Crippen LogP contribution is -2.71. The van der Waals surface area contributed by atoms with Crippen LogP contribution in [-0.2, 0) is 0 Å². The Labute approximate surface area is 57.7 Å². The van der Waals surface area contributed by atoms with Crippen molar-refractivity contribution < 1.29 is 20.4 Å². The summed E-state index contributed by atoms with van der Waals surface area (Å²) in [6.45, 7) is 1.08. The fourth-order valence-electron chi connectivity index (χ4n) is 0.307. The molecule has 0 aromatic rings. The summed E-state index contributed by atoms with van der Waals surface area (Å²) in [5, 5.41) is 34.5. The van der Waals surface area contributed by atoms with E-state index in [1.54, 1.807) is 0 Å². The minimum absolute atomic E-state index is 1.08. The first-order valence-electron chi connectivity index (χ1n) is 2.62. The third-order valence-corrected chi connectivity index (χ3v) is 1.23. The Bertz CT molecular complexity index is 117. The van der Waals surface area contributed by atoms with E-state index in [1.807, 2.05) is 0 Å². The SMILES string of the molecule is CC(O)C(N)(O)C(N)(O)O. The summed E-state index contributed by atoms with van der Waals surface area (Å²) in [6, 6.07) is 0. The second kappa shape index (κ2) is 2.42. The second-order valence-electron chi connectivity index (χ2n) is 2.23. The van der Waals surface area contributed by atoms with Gasteiger partial charge in [-0.25, -0.2) is 0 Å². The van der Waals surface area contributed by atoms with E-state index < -0.39 is 17.7 Å². The van der Waals surface area contributed by atoms with Gasteiger partial charge >= 0.3 is 0 Å². The summed E-state index contributed by atoms with van der Waals surface area (Å²) in [7, 11) is 0. The maximum atomic E-state index is 8.83. The Kier molecular flexibility index (Phi) is 2.36. The lowest BCUT2D eigenvalue weighted by atomic mass is 10.1. The Morgan fingerprint density at radius 1 is 1.20 bits per heavy atom. The summed E-state index contributed by atoms with van der Waals surface area (Å²) >= 11 is 0. The summed E-state index contributed by atoms with van der Waals surface area (Å²) in [5.41, 5.74) is 6.79. The number of aliphatic hydroxyl groups excluding tert-OH is 1. The molecule has 0 heterocycles. The molecule has 0 fully saturated rings. The third kappa shape index (κ3) is 1.63. The van der Waals surface area contributed by atoms with Crippen molar-refractivity contribution in [2.45, 2.75) is 24.7 Å². The van der Waals surface area contributed by atoms with Crippen LogP contribution in [0.5, 0.6) is 0 Å². The number of hydrogen-bond donors (Lipinski definition) is 6. The Morgan fingerprint density at radius 3 is 1.50 bits per heavy atom. The first kappa shape index (κ1) is 9.76. The lowest BCUT2D eigenvalue weighted by Gasteiger charge is -2.34. The summed E-state index contributed by atoms with van der Waals surface area (Å²) in [5.74, 6) is -3.00. The first-order valence-corrected chi connectivity index (χ1v) is 2.62. The Balaban J connectivity index is 4.40. The molecular formula is C4H12N2O4. The molecule has 0 spiro atoms. The van der Waals surface area contributed by atoms with Gasteiger partial charge in [-0.1, -0.05) is 0 Å². The molecule has 2 unspecified atom stereocenters. The van der Waals surface area contributed by atoms with E-state index in [1.165, 1.54) is 0 Å². The molecular weight excluding hydrogens is 140 g/mol. The second-order valence-corrected chi connectivity index (χ2v) is 2.23. The molecule has 0 aliphatic heterocycles. The van der Waals surface area contributed by atoms with Crippen molar-refractivity contribution in [3.05, 3.63) is 0 Å². The fraction of sp³-hybridized carbons (Fsp3) is 1.00. The van der Waals surface area contributed by atoms with Crippen molar-refractivity contribution in [2.24, 2.45) is 11.5 Å². The van der Waals surface area contributed by atoms with Gasteiger partial charge in [0.15, 0.2) is 0 Å². The molecule has 0 amide bonds. The van der Waals surface area contributed by atoms with E-state index in [0.29, 0.717) is 0 Å². The molecule has 0 aromatic heterocycles. The van der Waals surface area contributed by atoms with E-state index in [-0.39, 0.29) is 0 Å². The summed E-state index contributed by atoms with van der Waals surface area (Å²) < 4.78 is 0. The van der Waals surface area contributed by atoms with Crippen molar-refractivity contribution in [1.29, 1.82) is 0 Å². The third-order valence-electron chi connectivity index (χ3n) is 1.23. The van der Waals surface area contributed by atoms with Gasteiger partial charge in [0.05, 0.1) is 0 Å². The van der Waals surface area contributed by atoms with E-state index in [9.17, 15) is 0 Å². The average molecular weight is 152 g/mol. The van der Waals surface area contributed by atoms with Crippen molar-refractivity contribution >= 4 is 0 Å². The maximum absolute atomic E-state index is 8.83. The van der Waals surface area contributed by atoms with Crippen LogP contribution in [0.15, 0.2) is 0 Å². The van der Waals surface area contributed by atoms with E-state index in [2.05, 4.69) is 5.73 Å². The minimum atomic E-state index is -3.00. The molecule has 0 aliphatic carbocycles. The monoisotopic (exact) mass is 152 g/mol. The van der Waals surface area contributed by atoms with E-state index in [0.717, 1.165) is 6.92 Å². The number of hydrogen-bond acceptors (Lipinski definition) is 6. The van der Waals surface area contributed by atoms with Crippen LogP contribution in [0.3, 0.4) is 0 Å². The predicted molar refractivity (Wildman–Crippen MR) is 32.2 cm³/mol. The Morgan fingerprint density at radius 2 is 1.50 bits per heavy atom. The van der Waals surface area contributed by atoms with Crippen molar-refractivity contribution in [3.8, 4) is 0 Å². The summed E-state index contributed by atoms with van der Waals surface area (Å²) in [4.78, 5) is 0. The number of aliphatic hydroxyl groups is 4. The molecule has 2 atom stereocenters. The highest BCUT2D eigenvalue weighted by Crippen LogP contribution is 2.12. The molecule has 0 aliphatic rings. The summed E-state index contributed by atoms with van der Waals surface area (Å²) in [6.07, 6.45) is -1.53. The maximum Gasteiger partial charge on any atom is 0.267 e. The fourth-order valence-corrected chi connectivity index (χ4v) is 0.307. The molecule has 62 valence electrons. The molecule has 10 heavy (non-hydrogen) atoms. The predicted octanol–water partition coefficient (Wildman–Crippen LogP) is -3.39. The zero-order valence-electron chi connectivity index (χ0n) is 5.52. The van der Waals surface area contributed by atoms with E-state index in [4.69, 9.17) is 26.2 Å². The molecule has 6 heteroatoms. The first-order chi connectivity index (χ1) is 4.19. The number of nitrogens with two attached hydrogens (primary N) is 2. The minimum Gasteiger partial charge on any atom is -0.389 e. The van der Waals surface area contributed by atoms with Gasteiger partial charge in [-0.3, -0.25) is 11.5 Å². The van der Waals surface area contributed by atoms with Gasteiger partial charge < -0.3 is 20.4 Å². The molecule has 8 N–H and O–H groups in total. The smallest absolute Gasteiger partial charge is 0.267 e. The van der Waals surface area contributed by atoms with Crippen LogP contribution >= 0.6 is 0 Å². The van der Waals surface area contributed by atoms with Crippen LogP contribution in [0.25, 0.3) is 0 Å². The molecule has 0 radical (unpaired) electrons. The quantitative estimate of drug-likeness (QED) is 0.229. The van der Waals surface area contributed by atoms with Crippen molar-refractivity contribution in [2.75, 3.05) is 0 Å². The van der Waals surface area contributed by atoms with E-state index >= 15 is 0 Å².